The Morgan fingerprint density at radius 3 is 2.48 bits per heavy atom. The van der Waals surface area contributed by atoms with Crippen molar-refractivity contribution in [2.75, 3.05) is 31.0 Å². The molecule has 4 rings (SSSR count). The van der Waals surface area contributed by atoms with Gasteiger partial charge < -0.3 is 14.7 Å². The molecule has 1 saturated heterocycles. The Bertz CT molecular complexity index is 1170. The van der Waals surface area contributed by atoms with Crippen LogP contribution in [-0.2, 0) is 21.4 Å². The molecule has 0 aliphatic carbocycles. The zero-order valence-corrected chi connectivity index (χ0v) is 17.3. The van der Waals surface area contributed by atoms with E-state index in [4.69, 9.17) is 9.84 Å². The number of aliphatic hydroxyl groups excluding tert-OH is 1. The van der Waals surface area contributed by atoms with Crippen molar-refractivity contribution in [3.63, 3.8) is 0 Å². The number of benzene rings is 2. The van der Waals surface area contributed by atoms with Gasteiger partial charge in [-0.2, -0.15) is 0 Å². The van der Waals surface area contributed by atoms with Gasteiger partial charge in [0.1, 0.15) is 10.6 Å². The molecule has 162 valence electrons. The molecule has 0 spiro atoms. The third kappa shape index (κ3) is 4.58. The fourth-order valence-corrected chi connectivity index (χ4v) is 4.46. The number of rotatable bonds is 6. The topological polar surface area (TPSA) is 127 Å². The van der Waals surface area contributed by atoms with Crippen LogP contribution in [0.1, 0.15) is 16.1 Å². The first-order valence-electron chi connectivity index (χ1n) is 9.59. The predicted molar refractivity (Wildman–Crippen MR) is 111 cm³/mol. The lowest BCUT2D eigenvalue weighted by Gasteiger charge is -2.27. The maximum absolute atomic E-state index is 13.0. The van der Waals surface area contributed by atoms with Gasteiger partial charge in [-0.1, -0.05) is 17.3 Å². The van der Waals surface area contributed by atoms with Crippen LogP contribution in [0, 0.1) is 0 Å². The number of hydrogen-bond acceptors (Lipinski definition) is 7. The van der Waals surface area contributed by atoms with Crippen LogP contribution in [0.15, 0.2) is 59.6 Å². The van der Waals surface area contributed by atoms with Crippen molar-refractivity contribution in [1.82, 2.24) is 19.9 Å². The van der Waals surface area contributed by atoms with Crippen LogP contribution in [0.4, 0.5) is 5.69 Å². The molecule has 2 aromatic carbocycles. The molecule has 1 aliphatic rings. The number of aliphatic hydroxyl groups is 1. The zero-order valence-electron chi connectivity index (χ0n) is 16.5. The SMILES string of the molecule is O=C(c1ccccc1S(=O)(=O)Nc1ccc(-n2cc(CO)nn2)cc1)N1CCOCC1. The average Bonchev–Trinajstić information content (AvgIpc) is 3.29. The van der Waals surface area contributed by atoms with E-state index >= 15 is 0 Å². The minimum Gasteiger partial charge on any atom is -0.390 e. The number of sulfonamides is 1. The molecular weight excluding hydrogens is 422 g/mol. The molecule has 0 bridgehead atoms. The number of carbonyl (C=O) groups excluding carboxylic acids is 1. The molecule has 11 heteroatoms. The van der Waals surface area contributed by atoms with Gasteiger partial charge in [-0.05, 0) is 36.4 Å². The number of nitrogens with zero attached hydrogens (tertiary/aromatic N) is 4. The highest BCUT2D eigenvalue weighted by Crippen LogP contribution is 2.22. The first-order valence-corrected chi connectivity index (χ1v) is 11.1. The quantitative estimate of drug-likeness (QED) is 0.583. The summed E-state index contributed by atoms with van der Waals surface area (Å²) < 4.78 is 35.3. The van der Waals surface area contributed by atoms with E-state index in [-0.39, 0.29) is 23.0 Å². The van der Waals surface area contributed by atoms with Crippen molar-refractivity contribution >= 4 is 21.6 Å². The molecule has 2 N–H and O–H groups in total. The monoisotopic (exact) mass is 443 g/mol. The third-order valence-electron chi connectivity index (χ3n) is 4.79. The largest absolute Gasteiger partial charge is 0.390 e. The van der Waals surface area contributed by atoms with Gasteiger partial charge in [-0.25, -0.2) is 13.1 Å². The minimum absolute atomic E-state index is 0.0839. The van der Waals surface area contributed by atoms with Gasteiger partial charge in [0.05, 0.1) is 37.3 Å². The van der Waals surface area contributed by atoms with Crippen molar-refractivity contribution in [3.8, 4) is 5.69 Å². The van der Waals surface area contributed by atoms with E-state index in [1.807, 2.05) is 0 Å². The highest BCUT2D eigenvalue weighted by atomic mass is 32.2. The van der Waals surface area contributed by atoms with Crippen LogP contribution in [0.25, 0.3) is 5.69 Å². The van der Waals surface area contributed by atoms with Crippen molar-refractivity contribution in [2.45, 2.75) is 11.5 Å². The minimum atomic E-state index is -4.00. The summed E-state index contributed by atoms with van der Waals surface area (Å²) in [6, 6.07) is 12.6. The van der Waals surface area contributed by atoms with Crippen molar-refractivity contribution in [1.29, 1.82) is 0 Å². The van der Waals surface area contributed by atoms with Crippen LogP contribution in [0.2, 0.25) is 0 Å². The lowest BCUT2D eigenvalue weighted by Crippen LogP contribution is -2.41. The summed E-state index contributed by atoms with van der Waals surface area (Å²) in [4.78, 5) is 14.4. The second kappa shape index (κ2) is 8.84. The summed E-state index contributed by atoms with van der Waals surface area (Å²) in [5.41, 5.74) is 1.52. The van der Waals surface area contributed by atoms with Gasteiger partial charge >= 0.3 is 0 Å². The van der Waals surface area contributed by atoms with Gasteiger partial charge in [-0.3, -0.25) is 9.52 Å². The van der Waals surface area contributed by atoms with Crippen molar-refractivity contribution in [3.05, 3.63) is 66.0 Å². The molecule has 0 radical (unpaired) electrons. The van der Waals surface area contributed by atoms with Crippen LogP contribution < -0.4 is 4.72 Å². The number of nitrogens with one attached hydrogen (secondary N) is 1. The molecule has 10 nitrogen and oxygen atoms in total. The van der Waals surface area contributed by atoms with Crippen LogP contribution >= 0.6 is 0 Å². The molecule has 0 saturated carbocycles. The second-order valence-corrected chi connectivity index (χ2v) is 8.52. The van der Waals surface area contributed by atoms with E-state index in [1.54, 1.807) is 47.5 Å². The average molecular weight is 443 g/mol. The van der Waals surface area contributed by atoms with Gasteiger partial charge in [0.15, 0.2) is 0 Å². The molecule has 3 aromatic rings. The van der Waals surface area contributed by atoms with Crippen molar-refractivity contribution < 1.29 is 23.1 Å². The number of hydrogen-bond donors (Lipinski definition) is 2. The molecule has 1 aliphatic heterocycles. The molecule has 1 aromatic heterocycles. The summed E-state index contributed by atoms with van der Waals surface area (Å²) >= 11 is 0. The van der Waals surface area contributed by atoms with Crippen LogP contribution in [0.3, 0.4) is 0 Å². The zero-order chi connectivity index (χ0) is 21.8. The number of amides is 1. The normalized spacial score (nSPS) is 14.4. The lowest BCUT2D eigenvalue weighted by atomic mass is 10.2. The number of anilines is 1. The van der Waals surface area contributed by atoms with E-state index < -0.39 is 10.0 Å². The van der Waals surface area contributed by atoms with Crippen molar-refractivity contribution in [2.24, 2.45) is 0 Å². The van der Waals surface area contributed by atoms with Gasteiger partial charge in [0, 0.05) is 18.8 Å². The standard InChI is InChI=1S/C20H21N5O5S/c26-14-16-13-25(23-21-16)17-7-5-15(6-8-17)22-31(28,29)19-4-2-1-3-18(19)20(27)24-9-11-30-12-10-24/h1-8,13,22,26H,9-12,14H2. The second-order valence-electron chi connectivity index (χ2n) is 6.87. The molecule has 1 fully saturated rings. The first-order chi connectivity index (χ1) is 15.0. The molecule has 1 amide bonds. The molecule has 0 unspecified atom stereocenters. The third-order valence-corrected chi connectivity index (χ3v) is 6.23. The molecular formula is C20H21N5O5S. The van der Waals surface area contributed by atoms with E-state index in [0.29, 0.717) is 43.4 Å². The first kappa shape index (κ1) is 21.0. The summed E-state index contributed by atoms with van der Waals surface area (Å²) in [7, 11) is -4.00. The fraction of sp³-hybridized carbons (Fsp3) is 0.250. The Hall–Kier alpha value is -3.28. The number of ether oxygens (including phenoxy) is 1. The Morgan fingerprint density at radius 2 is 1.81 bits per heavy atom. The van der Waals surface area contributed by atoms with Gasteiger partial charge in [0.25, 0.3) is 15.9 Å². The van der Waals surface area contributed by atoms with Crippen LogP contribution in [0.5, 0.6) is 0 Å². The summed E-state index contributed by atoms with van der Waals surface area (Å²) in [5.74, 6) is -0.342. The van der Waals surface area contributed by atoms with E-state index in [2.05, 4.69) is 15.0 Å². The van der Waals surface area contributed by atoms with E-state index in [0.717, 1.165) is 0 Å². The van der Waals surface area contributed by atoms with E-state index in [1.165, 1.54) is 16.8 Å². The fourth-order valence-electron chi connectivity index (χ4n) is 3.20. The Labute approximate surface area is 179 Å². The Kier molecular flexibility index (Phi) is 5.98. The number of aromatic nitrogens is 3. The summed E-state index contributed by atoms with van der Waals surface area (Å²) in [6.07, 6.45) is 1.58. The molecule has 2 heterocycles. The Balaban J connectivity index is 1.56. The maximum Gasteiger partial charge on any atom is 0.262 e. The summed E-state index contributed by atoms with van der Waals surface area (Å²) in [5, 5.41) is 16.8. The summed E-state index contributed by atoms with van der Waals surface area (Å²) in [6.45, 7) is 1.47. The van der Waals surface area contributed by atoms with E-state index in [9.17, 15) is 13.2 Å². The predicted octanol–water partition coefficient (Wildman–Crippen LogP) is 1.03. The lowest BCUT2D eigenvalue weighted by molar-refractivity contribution is 0.0300. The highest BCUT2D eigenvalue weighted by molar-refractivity contribution is 7.92. The van der Waals surface area contributed by atoms with Gasteiger partial charge in [0.2, 0.25) is 0 Å². The maximum atomic E-state index is 13.0. The molecule has 0 atom stereocenters. The smallest absolute Gasteiger partial charge is 0.262 e. The number of morpholine rings is 1. The molecule has 31 heavy (non-hydrogen) atoms. The number of carbonyl (C=O) groups is 1. The van der Waals surface area contributed by atoms with Crippen LogP contribution in [-0.4, -0.2) is 65.6 Å². The van der Waals surface area contributed by atoms with Gasteiger partial charge in [-0.15, -0.1) is 5.10 Å². The Morgan fingerprint density at radius 1 is 1.10 bits per heavy atom. The highest BCUT2D eigenvalue weighted by Gasteiger charge is 2.26.